The molecule has 1 aliphatic heterocycles. The van der Waals surface area contributed by atoms with Gasteiger partial charge >= 0.3 is 0 Å². The van der Waals surface area contributed by atoms with Crippen molar-refractivity contribution in [2.75, 3.05) is 26.4 Å². The first-order valence-electron chi connectivity index (χ1n) is 6.49. The van der Waals surface area contributed by atoms with Crippen LogP contribution in [0.4, 0.5) is 0 Å². The number of aryl methyl sites for hydroxylation is 1. The molecule has 0 spiro atoms. The summed E-state index contributed by atoms with van der Waals surface area (Å²) in [4.78, 5) is 0.421. The molecule has 0 saturated carbocycles. The second kappa shape index (κ2) is 6.37. The van der Waals surface area contributed by atoms with Crippen molar-refractivity contribution in [2.24, 2.45) is 5.73 Å². The van der Waals surface area contributed by atoms with Gasteiger partial charge in [0.2, 0.25) is 10.0 Å². The van der Waals surface area contributed by atoms with Gasteiger partial charge in [0.05, 0.1) is 30.8 Å². The molecule has 1 unspecified atom stereocenters. The van der Waals surface area contributed by atoms with Crippen molar-refractivity contribution < 1.29 is 18.3 Å². The first-order valence-corrected chi connectivity index (χ1v) is 8.33. The van der Waals surface area contributed by atoms with Crippen LogP contribution in [0.25, 0.3) is 0 Å². The molecular formula is C13H18N2O4S2. The number of hydrogen-bond donors (Lipinski definition) is 2. The number of benzene rings is 1. The maximum absolute atomic E-state index is 12.8. The first kappa shape index (κ1) is 16.3. The van der Waals surface area contributed by atoms with E-state index in [9.17, 15) is 13.5 Å². The Labute approximate surface area is 129 Å². The zero-order valence-corrected chi connectivity index (χ0v) is 13.3. The van der Waals surface area contributed by atoms with Crippen LogP contribution in [0.2, 0.25) is 0 Å². The molecule has 0 aromatic heterocycles. The van der Waals surface area contributed by atoms with E-state index in [-0.39, 0.29) is 29.6 Å². The molecule has 0 aliphatic carbocycles. The molecule has 0 bridgehead atoms. The minimum Gasteiger partial charge on any atom is -0.395 e. The molecule has 1 fully saturated rings. The summed E-state index contributed by atoms with van der Waals surface area (Å²) in [6.07, 6.45) is 0. The fourth-order valence-corrected chi connectivity index (χ4v) is 4.24. The Kier molecular flexibility index (Phi) is 4.95. The average molecular weight is 330 g/mol. The van der Waals surface area contributed by atoms with Crippen molar-refractivity contribution in [3.8, 4) is 0 Å². The highest BCUT2D eigenvalue weighted by Crippen LogP contribution is 2.24. The molecule has 6 nitrogen and oxygen atoms in total. The van der Waals surface area contributed by atoms with E-state index in [1.54, 1.807) is 19.1 Å². The molecule has 0 amide bonds. The van der Waals surface area contributed by atoms with Gasteiger partial charge in [-0.1, -0.05) is 18.3 Å². The van der Waals surface area contributed by atoms with Gasteiger partial charge in [-0.15, -0.1) is 0 Å². The summed E-state index contributed by atoms with van der Waals surface area (Å²) < 4.78 is 32.0. The third kappa shape index (κ3) is 3.24. The SMILES string of the molecule is Cc1cc(C(N)=S)ccc1S(=O)(=O)N1CCOCC1CO. The minimum absolute atomic E-state index is 0.194. The number of aliphatic hydroxyl groups is 1. The summed E-state index contributed by atoms with van der Waals surface area (Å²) >= 11 is 4.89. The number of ether oxygens (including phenoxy) is 1. The minimum atomic E-state index is -3.69. The Morgan fingerprint density at radius 1 is 1.57 bits per heavy atom. The van der Waals surface area contributed by atoms with Gasteiger partial charge in [-0.05, 0) is 24.6 Å². The van der Waals surface area contributed by atoms with Crippen molar-refractivity contribution in [2.45, 2.75) is 17.9 Å². The lowest BCUT2D eigenvalue weighted by Gasteiger charge is -2.33. The van der Waals surface area contributed by atoms with E-state index >= 15 is 0 Å². The number of hydrogen-bond acceptors (Lipinski definition) is 5. The maximum Gasteiger partial charge on any atom is 0.243 e. The maximum atomic E-state index is 12.8. The van der Waals surface area contributed by atoms with Crippen molar-refractivity contribution >= 4 is 27.2 Å². The third-order valence-corrected chi connectivity index (χ3v) is 5.78. The van der Waals surface area contributed by atoms with Crippen molar-refractivity contribution in [3.63, 3.8) is 0 Å². The Balaban J connectivity index is 2.41. The average Bonchev–Trinajstić information content (AvgIpc) is 2.46. The largest absolute Gasteiger partial charge is 0.395 e. The van der Waals surface area contributed by atoms with Gasteiger partial charge in [0.1, 0.15) is 4.99 Å². The van der Waals surface area contributed by atoms with Crippen LogP contribution < -0.4 is 5.73 Å². The molecule has 1 heterocycles. The molecule has 3 N–H and O–H groups in total. The molecule has 8 heteroatoms. The number of nitrogens with two attached hydrogens (primary N) is 1. The van der Waals surface area contributed by atoms with Crippen LogP contribution in [0.1, 0.15) is 11.1 Å². The van der Waals surface area contributed by atoms with E-state index in [0.29, 0.717) is 17.7 Å². The lowest BCUT2D eigenvalue weighted by molar-refractivity contribution is 0.0109. The lowest BCUT2D eigenvalue weighted by Crippen LogP contribution is -2.50. The second-order valence-corrected chi connectivity index (χ2v) is 7.17. The molecule has 116 valence electrons. The summed E-state index contributed by atoms with van der Waals surface area (Å²) in [6.45, 7) is 2.16. The van der Waals surface area contributed by atoms with Gasteiger partial charge in [0, 0.05) is 12.1 Å². The molecule has 1 aromatic rings. The fraction of sp³-hybridized carbons (Fsp3) is 0.462. The van der Waals surface area contributed by atoms with Crippen LogP contribution in [-0.4, -0.2) is 55.2 Å². The van der Waals surface area contributed by atoms with E-state index in [1.165, 1.54) is 10.4 Å². The molecular weight excluding hydrogens is 312 g/mol. The predicted molar refractivity (Wildman–Crippen MR) is 82.7 cm³/mol. The smallest absolute Gasteiger partial charge is 0.243 e. The van der Waals surface area contributed by atoms with Crippen molar-refractivity contribution in [1.82, 2.24) is 4.31 Å². The number of morpholine rings is 1. The van der Waals surface area contributed by atoms with Gasteiger partial charge in [0.25, 0.3) is 0 Å². The van der Waals surface area contributed by atoms with E-state index in [4.69, 9.17) is 22.7 Å². The number of aliphatic hydroxyl groups excluding tert-OH is 1. The van der Waals surface area contributed by atoms with Crippen LogP contribution in [0, 0.1) is 6.92 Å². The number of sulfonamides is 1. The van der Waals surface area contributed by atoms with E-state index in [2.05, 4.69) is 0 Å². The highest BCUT2D eigenvalue weighted by atomic mass is 32.2. The van der Waals surface area contributed by atoms with Gasteiger partial charge < -0.3 is 15.6 Å². The number of thiocarbonyl (C=S) groups is 1. The Morgan fingerprint density at radius 3 is 2.86 bits per heavy atom. The number of rotatable bonds is 4. The second-order valence-electron chi connectivity index (χ2n) is 4.87. The highest BCUT2D eigenvalue weighted by Gasteiger charge is 2.34. The molecule has 1 aromatic carbocycles. The Morgan fingerprint density at radius 2 is 2.29 bits per heavy atom. The monoisotopic (exact) mass is 330 g/mol. The van der Waals surface area contributed by atoms with Crippen LogP contribution in [0.3, 0.4) is 0 Å². The van der Waals surface area contributed by atoms with Gasteiger partial charge in [-0.3, -0.25) is 0 Å². The molecule has 2 rings (SSSR count). The Hall–Kier alpha value is -1.06. The summed E-state index contributed by atoms with van der Waals surface area (Å²) in [5, 5.41) is 9.34. The van der Waals surface area contributed by atoms with Gasteiger partial charge in [0.15, 0.2) is 0 Å². The van der Waals surface area contributed by atoms with Gasteiger partial charge in [-0.2, -0.15) is 4.31 Å². The quantitative estimate of drug-likeness (QED) is 0.756. The zero-order chi connectivity index (χ0) is 15.6. The third-order valence-electron chi connectivity index (χ3n) is 3.43. The van der Waals surface area contributed by atoms with Crippen LogP contribution in [0.15, 0.2) is 23.1 Å². The lowest BCUT2D eigenvalue weighted by atomic mass is 10.1. The molecule has 0 radical (unpaired) electrons. The number of nitrogens with zero attached hydrogens (tertiary/aromatic N) is 1. The van der Waals surface area contributed by atoms with Crippen LogP contribution in [0.5, 0.6) is 0 Å². The van der Waals surface area contributed by atoms with E-state index in [0.717, 1.165) is 0 Å². The topological polar surface area (TPSA) is 92.9 Å². The van der Waals surface area contributed by atoms with Crippen LogP contribution in [-0.2, 0) is 14.8 Å². The van der Waals surface area contributed by atoms with Crippen molar-refractivity contribution in [3.05, 3.63) is 29.3 Å². The standard InChI is InChI=1S/C13H18N2O4S2/c1-9-6-10(13(14)20)2-3-12(9)21(17,18)15-4-5-19-8-11(15)7-16/h2-3,6,11,16H,4-5,7-8H2,1H3,(H2,14,20). The first-order chi connectivity index (χ1) is 9.87. The summed E-state index contributed by atoms with van der Waals surface area (Å²) in [5.41, 5.74) is 6.75. The molecule has 1 atom stereocenters. The summed E-state index contributed by atoms with van der Waals surface area (Å²) in [6, 6.07) is 4.20. The highest BCUT2D eigenvalue weighted by molar-refractivity contribution is 7.89. The van der Waals surface area contributed by atoms with E-state index < -0.39 is 16.1 Å². The zero-order valence-electron chi connectivity index (χ0n) is 11.7. The summed E-state index contributed by atoms with van der Waals surface area (Å²) in [5.74, 6) is 0. The predicted octanol–water partition coefficient (Wildman–Crippen LogP) is 0.0110. The Bertz CT molecular complexity index is 646. The normalized spacial score (nSPS) is 20.4. The summed E-state index contributed by atoms with van der Waals surface area (Å²) in [7, 11) is -3.69. The molecule has 21 heavy (non-hydrogen) atoms. The van der Waals surface area contributed by atoms with Gasteiger partial charge in [-0.25, -0.2) is 8.42 Å². The van der Waals surface area contributed by atoms with Crippen molar-refractivity contribution in [1.29, 1.82) is 0 Å². The molecule has 1 aliphatic rings. The van der Waals surface area contributed by atoms with Crippen LogP contribution >= 0.6 is 12.2 Å². The molecule has 1 saturated heterocycles. The fourth-order valence-electron chi connectivity index (χ4n) is 2.32. The van der Waals surface area contributed by atoms with E-state index in [1.807, 2.05) is 0 Å².